The maximum Gasteiger partial charge on any atom is 0.320 e. The minimum absolute atomic E-state index is 0.146. The van der Waals surface area contributed by atoms with Crippen molar-refractivity contribution in [2.45, 2.75) is 12.8 Å². The van der Waals surface area contributed by atoms with E-state index in [-0.39, 0.29) is 17.7 Å². The van der Waals surface area contributed by atoms with Crippen LogP contribution in [0.3, 0.4) is 0 Å². The average Bonchev–Trinajstić information content (AvgIpc) is 2.87. The van der Waals surface area contributed by atoms with Gasteiger partial charge in [0.2, 0.25) is 5.78 Å². The fraction of sp³-hybridized carbons (Fsp3) is 0.200. The molecule has 0 saturated carbocycles. The maximum absolute atomic E-state index is 12.5. The molecule has 0 bridgehead atoms. The quantitative estimate of drug-likeness (QED) is 0.631. The SMILES string of the molecule is CC1C(=O)Oc2cc(C(=O)c3cccc(Cl)c3)n(C)c21. The Kier molecular flexibility index (Phi) is 2.91. The van der Waals surface area contributed by atoms with Gasteiger partial charge in [-0.05, 0) is 19.1 Å². The van der Waals surface area contributed by atoms with Crippen LogP contribution < -0.4 is 4.74 Å². The van der Waals surface area contributed by atoms with E-state index in [1.807, 2.05) is 0 Å². The molecule has 20 heavy (non-hydrogen) atoms. The number of ether oxygens (including phenoxy) is 1. The van der Waals surface area contributed by atoms with Gasteiger partial charge < -0.3 is 9.30 Å². The molecule has 1 unspecified atom stereocenters. The Morgan fingerprint density at radius 2 is 2.10 bits per heavy atom. The minimum atomic E-state index is -0.351. The molecular weight excluding hydrogens is 278 g/mol. The van der Waals surface area contributed by atoms with E-state index in [9.17, 15) is 9.59 Å². The molecule has 1 aromatic heterocycles. The summed E-state index contributed by atoms with van der Waals surface area (Å²) in [4.78, 5) is 24.0. The van der Waals surface area contributed by atoms with E-state index in [0.717, 1.165) is 5.69 Å². The lowest BCUT2D eigenvalue weighted by Crippen LogP contribution is -2.14. The number of nitrogens with zero attached hydrogens (tertiary/aromatic N) is 1. The number of rotatable bonds is 2. The number of carbonyl (C=O) groups excluding carboxylic acids is 2. The highest BCUT2D eigenvalue weighted by Gasteiger charge is 2.34. The van der Waals surface area contributed by atoms with Crippen molar-refractivity contribution in [1.29, 1.82) is 0 Å². The smallest absolute Gasteiger partial charge is 0.320 e. The molecule has 5 heteroatoms. The van der Waals surface area contributed by atoms with Crippen molar-refractivity contribution in [3.63, 3.8) is 0 Å². The molecule has 2 heterocycles. The molecule has 1 aliphatic rings. The Morgan fingerprint density at radius 3 is 2.75 bits per heavy atom. The van der Waals surface area contributed by atoms with Crippen LogP contribution in [0.25, 0.3) is 0 Å². The lowest BCUT2D eigenvalue weighted by Gasteiger charge is -2.07. The summed E-state index contributed by atoms with van der Waals surface area (Å²) in [6, 6.07) is 8.39. The normalized spacial score (nSPS) is 16.9. The van der Waals surface area contributed by atoms with E-state index < -0.39 is 0 Å². The number of hydrogen-bond acceptors (Lipinski definition) is 3. The fourth-order valence-corrected chi connectivity index (χ4v) is 2.67. The summed E-state index contributed by atoms with van der Waals surface area (Å²) in [5, 5.41) is 0.511. The molecule has 3 rings (SSSR count). The van der Waals surface area contributed by atoms with E-state index >= 15 is 0 Å². The maximum atomic E-state index is 12.5. The van der Waals surface area contributed by atoms with Crippen molar-refractivity contribution in [3.8, 4) is 5.75 Å². The third-order valence-corrected chi connectivity index (χ3v) is 3.77. The second-order valence-corrected chi connectivity index (χ2v) is 5.26. The first-order valence-electron chi connectivity index (χ1n) is 6.20. The number of esters is 1. The fourth-order valence-electron chi connectivity index (χ4n) is 2.48. The third kappa shape index (κ3) is 1.84. The zero-order valence-electron chi connectivity index (χ0n) is 11.0. The molecule has 2 aromatic rings. The molecule has 1 atom stereocenters. The number of hydrogen-bond donors (Lipinski definition) is 0. The summed E-state index contributed by atoms with van der Waals surface area (Å²) in [7, 11) is 1.76. The topological polar surface area (TPSA) is 48.3 Å². The van der Waals surface area contributed by atoms with Crippen molar-refractivity contribution in [2.75, 3.05) is 0 Å². The zero-order valence-corrected chi connectivity index (χ0v) is 11.8. The Morgan fingerprint density at radius 1 is 1.35 bits per heavy atom. The highest BCUT2D eigenvalue weighted by atomic mass is 35.5. The van der Waals surface area contributed by atoms with Gasteiger partial charge in [0.1, 0.15) is 0 Å². The summed E-state index contributed by atoms with van der Waals surface area (Å²) < 4.78 is 6.87. The van der Waals surface area contributed by atoms with Crippen molar-refractivity contribution >= 4 is 23.4 Å². The van der Waals surface area contributed by atoms with Gasteiger partial charge in [0, 0.05) is 23.7 Å². The van der Waals surface area contributed by atoms with Crippen LogP contribution in [0.5, 0.6) is 5.75 Å². The van der Waals surface area contributed by atoms with Crippen LogP contribution in [0, 0.1) is 0 Å². The molecule has 0 amide bonds. The monoisotopic (exact) mass is 289 g/mol. The van der Waals surface area contributed by atoms with Crippen LogP contribution in [0.2, 0.25) is 5.02 Å². The molecular formula is C15H12ClNO3. The van der Waals surface area contributed by atoms with Gasteiger partial charge in [-0.1, -0.05) is 23.7 Å². The predicted octanol–water partition coefficient (Wildman–Crippen LogP) is 2.93. The van der Waals surface area contributed by atoms with Gasteiger partial charge in [-0.15, -0.1) is 0 Å². The molecule has 102 valence electrons. The summed E-state index contributed by atoms with van der Waals surface area (Å²) in [5.41, 5.74) is 1.73. The van der Waals surface area contributed by atoms with Crippen molar-refractivity contribution in [1.82, 2.24) is 4.57 Å². The Hall–Kier alpha value is -2.07. The van der Waals surface area contributed by atoms with Gasteiger partial charge in [0.05, 0.1) is 17.3 Å². The van der Waals surface area contributed by atoms with Crippen LogP contribution in [0.1, 0.15) is 34.6 Å². The van der Waals surface area contributed by atoms with Gasteiger partial charge >= 0.3 is 5.97 Å². The van der Waals surface area contributed by atoms with Crippen LogP contribution >= 0.6 is 11.6 Å². The van der Waals surface area contributed by atoms with Crippen LogP contribution in [0.4, 0.5) is 0 Å². The average molecular weight is 290 g/mol. The lowest BCUT2D eigenvalue weighted by molar-refractivity contribution is -0.133. The first-order valence-corrected chi connectivity index (χ1v) is 6.58. The summed E-state index contributed by atoms with van der Waals surface area (Å²) in [6.45, 7) is 1.77. The molecule has 0 spiro atoms. The number of carbonyl (C=O) groups is 2. The summed E-state index contributed by atoms with van der Waals surface area (Å²) in [5.74, 6) is -0.314. The van der Waals surface area contributed by atoms with Crippen molar-refractivity contribution in [3.05, 3.63) is 52.3 Å². The lowest BCUT2D eigenvalue weighted by atomic mass is 10.1. The number of ketones is 1. The molecule has 0 radical (unpaired) electrons. The Labute approximate surface area is 120 Å². The van der Waals surface area contributed by atoms with Gasteiger partial charge in [-0.2, -0.15) is 0 Å². The second kappa shape index (κ2) is 4.49. The standard InChI is InChI=1S/C15H12ClNO3/c1-8-13-12(20-15(8)19)7-11(17(13)2)14(18)9-4-3-5-10(16)6-9/h3-8H,1-2H3. The van der Waals surface area contributed by atoms with E-state index in [1.165, 1.54) is 0 Å². The van der Waals surface area contributed by atoms with Gasteiger partial charge in [-0.3, -0.25) is 9.59 Å². The van der Waals surface area contributed by atoms with E-state index in [4.69, 9.17) is 16.3 Å². The zero-order chi connectivity index (χ0) is 14.4. The first kappa shape index (κ1) is 12.9. The minimum Gasteiger partial charge on any atom is -0.424 e. The molecule has 0 aliphatic carbocycles. The molecule has 0 fully saturated rings. The summed E-state index contributed by atoms with van der Waals surface area (Å²) >= 11 is 5.91. The molecule has 4 nitrogen and oxygen atoms in total. The van der Waals surface area contributed by atoms with Crippen molar-refractivity contribution < 1.29 is 14.3 Å². The number of fused-ring (bicyclic) bond motifs is 1. The first-order chi connectivity index (χ1) is 9.49. The van der Waals surface area contributed by atoms with Gasteiger partial charge in [0.15, 0.2) is 5.75 Å². The van der Waals surface area contributed by atoms with Crippen molar-refractivity contribution in [2.24, 2.45) is 7.05 Å². The molecule has 0 saturated heterocycles. The Balaban J connectivity index is 2.05. The van der Waals surface area contributed by atoms with Crippen LogP contribution in [-0.4, -0.2) is 16.3 Å². The van der Waals surface area contributed by atoms with Crippen LogP contribution in [0.15, 0.2) is 30.3 Å². The highest BCUT2D eigenvalue weighted by Crippen LogP contribution is 2.37. The largest absolute Gasteiger partial charge is 0.424 e. The predicted molar refractivity (Wildman–Crippen MR) is 74.3 cm³/mol. The van der Waals surface area contributed by atoms with Crippen LogP contribution in [-0.2, 0) is 11.8 Å². The van der Waals surface area contributed by atoms with E-state index in [0.29, 0.717) is 22.0 Å². The van der Waals surface area contributed by atoms with E-state index in [2.05, 4.69) is 0 Å². The molecule has 1 aliphatic heterocycles. The van der Waals surface area contributed by atoms with Gasteiger partial charge in [-0.25, -0.2) is 0 Å². The Bertz CT molecular complexity index is 733. The second-order valence-electron chi connectivity index (χ2n) is 4.82. The number of benzene rings is 1. The number of aromatic nitrogens is 1. The highest BCUT2D eigenvalue weighted by molar-refractivity contribution is 6.31. The number of halogens is 1. The van der Waals surface area contributed by atoms with Gasteiger partial charge in [0.25, 0.3) is 0 Å². The summed E-state index contributed by atoms with van der Waals surface area (Å²) in [6.07, 6.45) is 0. The molecule has 1 aromatic carbocycles. The third-order valence-electron chi connectivity index (χ3n) is 3.54. The van der Waals surface area contributed by atoms with E-state index in [1.54, 1.807) is 48.9 Å². The molecule has 0 N–H and O–H groups in total.